The van der Waals surface area contributed by atoms with Crippen LogP contribution in [0.1, 0.15) is 53.6 Å². The van der Waals surface area contributed by atoms with Crippen LogP contribution in [-0.2, 0) is 24.3 Å². The molecule has 0 bridgehead atoms. The van der Waals surface area contributed by atoms with Crippen LogP contribution in [0.15, 0.2) is 42.7 Å². The zero-order valence-corrected chi connectivity index (χ0v) is 23.1. The minimum absolute atomic E-state index is 0.0928. The van der Waals surface area contributed by atoms with E-state index in [-0.39, 0.29) is 24.0 Å². The van der Waals surface area contributed by atoms with Crippen LogP contribution in [-0.4, -0.2) is 51.9 Å². The summed E-state index contributed by atoms with van der Waals surface area (Å²) in [4.78, 5) is 13.3. The number of amides is 1. The van der Waals surface area contributed by atoms with Crippen molar-refractivity contribution in [3.8, 4) is 0 Å². The van der Waals surface area contributed by atoms with Gasteiger partial charge in [-0.05, 0) is 36.3 Å². The molecule has 2 aromatic heterocycles. The molecule has 4 rings (SSSR count). The zero-order chi connectivity index (χ0) is 25.9. The minimum Gasteiger partial charge on any atom is -0.394 e. The maximum Gasteiger partial charge on any atom is 0.276 e. The number of nitrogens with zero attached hydrogens (tertiary/aromatic N) is 4. The molecule has 0 radical (unpaired) electrons. The van der Waals surface area contributed by atoms with E-state index in [1.165, 1.54) is 0 Å². The van der Waals surface area contributed by atoms with Gasteiger partial charge in [0.25, 0.3) is 5.91 Å². The van der Waals surface area contributed by atoms with Crippen molar-refractivity contribution in [1.29, 1.82) is 0 Å². The molecule has 36 heavy (non-hydrogen) atoms. The maximum absolute atomic E-state index is 13.3. The maximum atomic E-state index is 13.3. The molecule has 0 fully saturated rings. The third kappa shape index (κ3) is 6.32. The Bertz CT molecular complexity index is 1180. The van der Waals surface area contributed by atoms with Crippen molar-refractivity contribution in [1.82, 2.24) is 19.6 Å². The van der Waals surface area contributed by atoms with Gasteiger partial charge in [0.1, 0.15) is 6.73 Å². The first kappa shape index (κ1) is 26.3. The predicted molar refractivity (Wildman–Crippen MR) is 144 cm³/mol. The number of aromatic nitrogens is 4. The summed E-state index contributed by atoms with van der Waals surface area (Å²) in [5.74, 6) is -0.244. The van der Waals surface area contributed by atoms with Crippen molar-refractivity contribution < 1.29 is 14.6 Å². The van der Waals surface area contributed by atoms with E-state index in [0.29, 0.717) is 24.7 Å². The lowest BCUT2D eigenvalue weighted by Gasteiger charge is -2.30. The Morgan fingerprint density at radius 2 is 2.00 bits per heavy atom. The number of hydrogen-bond acceptors (Lipinski definition) is 5. The largest absolute Gasteiger partial charge is 0.394 e. The molecule has 194 valence electrons. The lowest BCUT2D eigenvalue weighted by Crippen LogP contribution is -2.25. The number of aliphatic hydroxyl groups is 1. The summed E-state index contributed by atoms with van der Waals surface area (Å²) >= 11 is 0. The smallest absolute Gasteiger partial charge is 0.276 e. The van der Waals surface area contributed by atoms with Crippen LogP contribution in [0.25, 0.3) is 0 Å². The number of carbonyl (C=O) groups is 1. The Kier molecular flexibility index (Phi) is 7.82. The summed E-state index contributed by atoms with van der Waals surface area (Å²) in [5, 5.41) is 22.0. The number of anilines is 1. The number of aliphatic hydroxyl groups excluding tert-OH is 1. The molecule has 0 saturated heterocycles. The van der Waals surface area contributed by atoms with E-state index >= 15 is 0 Å². The summed E-state index contributed by atoms with van der Waals surface area (Å²) in [6.45, 7) is 12.5. The molecule has 2 heterocycles. The van der Waals surface area contributed by atoms with E-state index < -0.39 is 8.07 Å². The second-order valence-corrected chi connectivity index (χ2v) is 17.4. The van der Waals surface area contributed by atoms with Gasteiger partial charge in [-0.1, -0.05) is 63.8 Å². The molecule has 0 saturated carbocycles. The first-order chi connectivity index (χ1) is 17.1. The number of benzene rings is 1. The number of rotatable bonds is 10. The van der Waals surface area contributed by atoms with Crippen LogP contribution < -0.4 is 5.32 Å². The topological polar surface area (TPSA) is 94.2 Å². The van der Waals surface area contributed by atoms with E-state index in [1.54, 1.807) is 17.1 Å². The van der Waals surface area contributed by atoms with Crippen LogP contribution in [0, 0.1) is 5.41 Å². The van der Waals surface area contributed by atoms with E-state index in [0.717, 1.165) is 42.1 Å². The lowest BCUT2D eigenvalue weighted by molar-refractivity contribution is 0.0742. The monoisotopic (exact) mass is 509 g/mol. The number of fused-ring (bicyclic) bond motifs is 1. The molecule has 1 aromatic carbocycles. The molecule has 1 aliphatic rings. The lowest BCUT2D eigenvalue weighted by atomic mass is 9.76. The summed E-state index contributed by atoms with van der Waals surface area (Å²) in [7, 11) is -1.18. The van der Waals surface area contributed by atoms with Gasteiger partial charge in [-0.2, -0.15) is 10.2 Å². The van der Waals surface area contributed by atoms with Crippen LogP contribution in [0.5, 0.6) is 0 Å². The summed E-state index contributed by atoms with van der Waals surface area (Å²) in [5.41, 5.74) is 4.26. The normalized spacial score (nSPS) is 15.9. The van der Waals surface area contributed by atoms with Crippen LogP contribution in [0.2, 0.25) is 25.7 Å². The molecule has 3 aromatic rings. The van der Waals surface area contributed by atoms with Crippen molar-refractivity contribution in [3.05, 3.63) is 65.2 Å². The molecule has 8 nitrogen and oxygen atoms in total. The van der Waals surface area contributed by atoms with E-state index in [4.69, 9.17) is 9.84 Å². The van der Waals surface area contributed by atoms with Crippen molar-refractivity contribution in [2.75, 3.05) is 18.5 Å². The quantitative estimate of drug-likeness (QED) is 0.304. The molecule has 1 amide bonds. The molecule has 1 unspecified atom stereocenters. The van der Waals surface area contributed by atoms with Crippen molar-refractivity contribution >= 4 is 19.7 Å². The molecular weight excluding hydrogens is 470 g/mol. The van der Waals surface area contributed by atoms with Crippen LogP contribution in [0.3, 0.4) is 0 Å². The van der Waals surface area contributed by atoms with Crippen molar-refractivity contribution in [2.24, 2.45) is 5.41 Å². The highest BCUT2D eigenvalue weighted by molar-refractivity contribution is 6.76. The molecule has 1 atom stereocenters. The van der Waals surface area contributed by atoms with Crippen molar-refractivity contribution in [2.45, 2.75) is 71.6 Å². The van der Waals surface area contributed by atoms with Gasteiger partial charge in [0.15, 0.2) is 5.69 Å². The van der Waals surface area contributed by atoms with Gasteiger partial charge in [-0.3, -0.25) is 9.48 Å². The van der Waals surface area contributed by atoms with E-state index in [9.17, 15) is 9.90 Å². The SMILES string of the molecule is CC1(C)CCc2c(C(=O)Nc3cnn(C(CO)c4ccccc4)c3)nn(COCC[Si](C)(C)C)c2C1. The van der Waals surface area contributed by atoms with Crippen LogP contribution in [0.4, 0.5) is 5.69 Å². The first-order valence-corrected chi connectivity index (χ1v) is 16.4. The molecule has 1 aliphatic carbocycles. The third-order valence-electron chi connectivity index (χ3n) is 6.83. The molecule has 0 aliphatic heterocycles. The van der Waals surface area contributed by atoms with Gasteiger partial charge in [0.05, 0.1) is 24.5 Å². The Morgan fingerprint density at radius 3 is 2.69 bits per heavy atom. The molecule has 2 N–H and O–H groups in total. The summed E-state index contributed by atoms with van der Waals surface area (Å²) in [6, 6.07) is 10.5. The highest BCUT2D eigenvalue weighted by atomic mass is 28.3. The predicted octanol–water partition coefficient (Wildman–Crippen LogP) is 4.74. The highest BCUT2D eigenvalue weighted by Crippen LogP contribution is 2.36. The fourth-order valence-corrected chi connectivity index (χ4v) is 5.36. The first-order valence-electron chi connectivity index (χ1n) is 12.7. The standard InChI is InChI=1S/C27H39N5O3Si/c1-27(2)12-11-22-23(15-27)32(19-35-13-14-36(3,4)5)30-25(22)26(34)29-21-16-28-31(17-21)24(18-33)20-9-7-6-8-10-20/h6-10,16-17,24,33H,11-15,18-19H2,1-5H3,(H,29,34). The van der Waals surface area contributed by atoms with Gasteiger partial charge >= 0.3 is 0 Å². The van der Waals surface area contributed by atoms with Gasteiger partial charge in [-0.15, -0.1) is 0 Å². The van der Waals surface area contributed by atoms with E-state index in [1.807, 2.05) is 35.0 Å². The molecule has 0 spiro atoms. The fraction of sp³-hybridized carbons (Fsp3) is 0.519. The van der Waals surface area contributed by atoms with Gasteiger partial charge < -0.3 is 15.2 Å². The zero-order valence-electron chi connectivity index (χ0n) is 22.1. The Hall–Kier alpha value is -2.75. The van der Waals surface area contributed by atoms with Crippen LogP contribution >= 0.6 is 0 Å². The van der Waals surface area contributed by atoms with Gasteiger partial charge in [0.2, 0.25) is 0 Å². The molecule has 9 heteroatoms. The number of ether oxygens (including phenoxy) is 1. The Balaban J connectivity index is 1.51. The third-order valence-corrected chi connectivity index (χ3v) is 8.53. The molecular formula is C27H39N5O3Si. The highest BCUT2D eigenvalue weighted by Gasteiger charge is 2.33. The second-order valence-electron chi connectivity index (χ2n) is 11.7. The Morgan fingerprint density at radius 1 is 1.25 bits per heavy atom. The Labute approximate surface area is 214 Å². The average molecular weight is 510 g/mol. The van der Waals surface area contributed by atoms with Crippen molar-refractivity contribution in [3.63, 3.8) is 0 Å². The second kappa shape index (κ2) is 10.7. The fourth-order valence-electron chi connectivity index (χ4n) is 4.60. The summed E-state index contributed by atoms with van der Waals surface area (Å²) < 4.78 is 9.55. The van der Waals surface area contributed by atoms with Gasteiger partial charge in [0, 0.05) is 32.1 Å². The van der Waals surface area contributed by atoms with Gasteiger partial charge in [-0.25, -0.2) is 4.68 Å². The van der Waals surface area contributed by atoms with E-state index in [2.05, 4.69) is 43.9 Å². The minimum atomic E-state index is -1.18. The number of nitrogens with one attached hydrogen (secondary N) is 1. The summed E-state index contributed by atoms with van der Waals surface area (Å²) in [6.07, 6.45) is 6.05. The number of hydrogen-bond donors (Lipinski definition) is 2. The number of carbonyl (C=O) groups excluding carboxylic acids is 1. The average Bonchev–Trinajstić information content (AvgIpc) is 3.41.